The number of ether oxygens (including phenoxy) is 2. The molecule has 0 unspecified atom stereocenters. The Morgan fingerprint density at radius 2 is 1.81 bits per heavy atom. The van der Waals surface area contributed by atoms with Crippen LogP contribution in [-0.4, -0.2) is 48.6 Å². The van der Waals surface area contributed by atoms with Crippen LogP contribution in [0.3, 0.4) is 0 Å². The lowest BCUT2D eigenvalue weighted by molar-refractivity contribution is -0.145. The summed E-state index contributed by atoms with van der Waals surface area (Å²) in [6.07, 6.45) is 0.689. The average molecular weight is 428 g/mol. The number of carbonyl (C=O) groups is 3. The molecule has 0 saturated carbocycles. The Morgan fingerprint density at radius 3 is 2.48 bits per heavy atom. The van der Waals surface area contributed by atoms with Gasteiger partial charge in [0.15, 0.2) is 0 Å². The van der Waals surface area contributed by atoms with Gasteiger partial charge in [0.2, 0.25) is 5.91 Å². The van der Waals surface area contributed by atoms with Gasteiger partial charge in [0, 0.05) is 13.0 Å². The molecule has 2 atom stereocenters. The van der Waals surface area contributed by atoms with Gasteiger partial charge in [-0.1, -0.05) is 42.5 Å². The Labute approximate surface area is 180 Å². The molecule has 1 aliphatic heterocycles. The first kappa shape index (κ1) is 22.3. The molecule has 7 nitrogen and oxygen atoms in total. The number of esters is 1. The zero-order valence-electron chi connectivity index (χ0n) is 17.3. The van der Waals surface area contributed by atoms with Crippen LogP contribution in [0.5, 0.6) is 0 Å². The highest BCUT2D eigenvalue weighted by Gasteiger charge is 2.37. The third kappa shape index (κ3) is 6.04. The lowest BCUT2D eigenvalue weighted by atomic mass is 10.1. The molecule has 1 aliphatic rings. The van der Waals surface area contributed by atoms with E-state index in [9.17, 15) is 18.8 Å². The van der Waals surface area contributed by atoms with Crippen molar-refractivity contribution in [3.8, 4) is 0 Å². The van der Waals surface area contributed by atoms with Crippen molar-refractivity contribution in [1.29, 1.82) is 0 Å². The maximum Gasteiger partial charge on any atom is 0.410 e. The summed E-state index contributed by atoms with van der Waals surface area (Å²) >= 11 is 0. The number of hydrogen-bond donors (Lipinski definition) is 1. The van der Waals surface area contributed by atoms with E-state index in [-0.39, 0.29) is 13.0 Å². The zero-order valence-corrected chi connectivity index (χ0v) is 17.3. The Morgan fingerprint density at radius 1 is 1.10 bits per heavy atom. The van der Waals surface area contributed by atoms with Crippen molar-refractivity contribution < 1.29 is 28.2 Å². The second-order valence-electron chi connectivity index (χ2n) is 7.31. The van der Waals surface area contributed by atoms with Gasteiger partial charge < -0.3 is 14.8 Å². The van der Waals surface area contributed by atoms with Crippen molar-refractivity contribution in [2.45, 2.75) is 38.0 Å². The summed E-state index contributed by atoms with van der Waals surface area (Å²) in [5.41, 5.74) is 1.52. The fraction of sp³-hybridized carbons (Fsp3) is 0.348. The van der Waals surface area contributed by atoms with E-state index >= 15 is 0 Å². The highest BCUT2D eigenvalue weighted by molar-refractivity contribution is 5.90. The van der Waals surface area contributed by atoms with Gasteiger partial charge in [-0.05, 0) is 36.1 Å². The van der Waals surface area contributed by atoms with Crippen molar-refractivity contribution in [1.82, 2.24) is 10.2 Å². The minimum Gasteiger partial charge on any atom is -0.467 e. The van der Waals surface area contributed by atoms with Crippen molar-refractivity contribution in [3.63, 3.8) is 0 Å². The van der Waals surface area contributed by atoms with E-state index in [1.807, 2.05) is 30.3 Å². The summed E-state index contributed by atoms with van der Waals surface area (Å²) in [4.78, 5) is 39.0. The van der Waals surface area contributed by atoms with Gasteiger partial charge in [-0.2, -0.15) is 0 Å². The molecule has 0 radical (unpaired) electrons. The van der Waals surface area contributed by atoms with E-state index in [2.05, 4.69) is 5.32 Å². The van der Waals surface area contributed by atoms with Crippen LogP contribution < -0.4 is 5.32 Å². The summed E-state index contributed by atoms with van der Waals surface area (Å²) in [6.45, 7) is 0.506. The highest BCUT2D eigenvalue weighted by Crippen LogP contribution is 2.20. The number of rotatable bonds is 7. The van der Waals surface area contributed by atoms with Gasteiger partial charge in [-0.25, -0.2) is 14.0 Å². The van der Waals surface area contributed by atoms with E-state index in [0.717, 1.165) is 5.56 Å². The minimum atomic E-state index is -0.953. The van der Waals surface area contributed by atoms with Gasteiger partial charge in [0.1, 0.15) is 24.5 Å². The monoisotopic (exact) mass is 428 g/mol. The van der Waals surface area contributed by atoms with Crippen molar-refractivity contribution in [2.75, 3.05) is 13.7 Å². The number of amides is 2. The van der Waals surface area contributed by atoms with Crippen molar-refractivity contribution in [3.05, 3.63) is 71.5 Å². The molecule has 8 heteroatoms. The number of benzene rings is 2. The fourth-order valence-electron chi connectivity index (χ4n) is 3.52. The van der Waals surface area contributed by atoms with Crippen LogP contribution in [0.2, 0.25) is 0 Å². The Balaban J connectivity index is 1.62. The van der Waals surface area contributed by atoms with Crippen molar-refractivity contribution >= 4 is 18.0 Å². The third-order valence-electron chi connectivity index (χ3n) is 5.15. The molecule has 0 bridgehead atoms. The van der Waals surface area contributed by atoms with E-state index in [0.29, 0.717) is 24.9 Å². The van der Waals surface area contributed by atoms with Gasteiger partial charge in [0.05, 0.1) is 7.11 Å². The minimum absolute atomic E-state index is 0.111. The molecule has 0 spiro atoms. The molecule has 1 N–H and O–H groups in total. The maximum absolute atomic E-state index is 13.1. The normalized spacial score (nSPS) is 16.5. The molecule has 31 heavy (non-hydrogen) atoms. The summed E-state index contributed by atoms with van der Waals surface area (Å²) in [7, 11) is 1.23. The number of hydrogen-bond acceptors (Lipinski definition) is 5. The summed E-state index contributed by atoms with van der Waals surface area (Å²) in [5.74, 6) is -1.46. The molecule has 1 saturated heterocycles. The van der Waals surface area contributed by atoms with Crippen LogP contribution in [0.15, 0.2) is 54.6 Å². The molecule has 1 heterocycles. The molecule has 3 rings (SSSR count). The van der Waals surface area contributed by atoms with Gasteiger partial charge in [0.25, 0.3) is 0 Å². The first-order chi connectivity index (χ1) is 15.0. The lowest BCUT2D eigenvalue weighted by Gasteiger charge is -2.25. The largest absolute Gasteiger partial charge is 0.467 e. The van der Waals surface area contributed by atoms with E-state index in [4.69, 9.17) is 9.47 Å². The smallest absolute Gasteiger partial charge is 0.410 e. The molecular formula is C23H25FN2O5. The topological polar surface area (TPSA) is 84.9 Å². The van der Waals surface area contributed by atoms with E-state index in [1.165, 1.54) is 24.1 Å². The summed E-state index contributed by atoms with van der Waals surface area (Å²) in [5, 5.41) is 2.67. The average Bonchev–Trinajstić information content (AvgIpc) is 3.29. The lowest BCUT2D eigenvalue weighted by Crippen LogP contribution is -2.51. The van der Waals surface area contributed by atoms with Gasteiger partial charge >= 0.3 is 12.1 Å². The predicted octanol–water partition coefficient (Wildman–Crippen LogP) is 2.83. The zero-order chi connectivity index (χ0) is 22.2. The van der Waals surface area contributed by atoms with E-state index < -0.39 is 35.9 Å². The molecule has 2 aromatic carbocycles. The quantitative estimate of drug-likeness (QED) is 0.686. The van der Waals surface area contributed by atoms with Crippen molar-refractivity contribution in [2.24, 2.45) is 0 Å². The van der Waals surface area contributed by atoms with Crippen LogP contribution in [-0.2, 0) is 32.1 Å². The van der Waals surface area contributed by atoms with Gasteiger partial charge in [-0.3, -0.25) is 9.69 Å². The first-order valence-corrected chi connectivity index (χ1v) is 10.1. The van der Waals surface area contributed by atoms with Crippen LogP contribution in [0.4, 0.5) is 9.18 Å². The Bertz CT molecular complexity index is 904. The summed E-state index contributed by atoms with van der Waals surface area (Å²) in [6, 6.07) is 13.2. The number of halogens is 1. The summed E-state index contributed by atoms with van der Waals surface area (Å²) < 4.78 is 23.3. The molecule has 2 aromatic rings. The molecule has 1 fully saturated rings. The SMILES string of the molecule is COC(=O)[C@@H](Cc1ccc(F)cc1)NC(=O)[C@H]1CCCN1C(=O)OCc1ccccc1. The number of methoxy groups -OCH3 is 1. The van der Waals surface area contributed by atoms with Crippen LogP contribution >= 0.6 is 0 Å². The number of nitrogens with one attached hydrogen (secondary N) is 1. The molecule has 164 valence electrons. The fourth-order valence-corrected chi connectivity index (χ4v) is 3.52. The standard InChI is InChI=1S/C23H25FN2O5/c1-30-22(28)19(14-16-9-11-18(24)12-10-16)25-21(27)20-8-5-13-26(20)23(29)31-15-17-6-3-2-4-7-17/h2-4,6-7,9-12,19-20H,5,8,13-15H2,1H3,(H,25,27)/t19-,20-/m1/s1. The molecule has 0 aromatic heterocycles. The number of nitrogens with zero attached hydrogens (tertiary/aromatic N) is 1. The predicted molar refractivity (Wildman–Crippen MR) is 110 cm³/mol. The van der Waals surface area contributed by atoms with Crippen LogP contribution in [0, 0.1) is 5.82 Å². The molecule has 0 aliphatic carbocycles. The number of carbonyl (C=O) groups excluding carboxylic acids is 3. The molecule has 2 amide bonds. The second kappa shape index (κ2) is 10.6. The van der Waals surface area contributed by atoms with Gasteiger partial charge in [-0.15, -0.1) is 0 Å². The Kier molecular flexibility index (Phi) is 7.59. The first-order valence-electron chi connectivity index (χ1n) is 10.1. The van der Waals surface area contributed by atoms with E-state index in [1.54, 1.807) is 12.1 Å². The number of likely N-dealkylation sites (tertiary alicyclic amines) is 1. The third-order valence-corrected chi connectivity index (χ3v) is 5.15. The van der Waals surface area contributed by atoms with Crippen LogP contribution in [0.1, 0.15) is 24.0 Å². The highest BCUT2D eigenvalue weighted by atomic mass is 19.1. The van der Waals surface area contributed by atoms with Crippen LogP contribution in [0.25, 0.3) is 0 Å². The second-order valence-corrected chi connectivity index (χ2v) is 7.31. The Hall–Kier alpha value is -3.42. The maximum atomic E-state index is 13.1. The molecular weight excluding hydrogens is 403 g/mol.